The van der Waals surface area contributed by atoms with E-state index in [4.69, 9.17) is 5.11 Å². The number of carbonyl (C=O) groups is 1. The zero-order valence-electron chi connectivity index (χ0n) is 13.2. The molecule has 22 heavy (non-hydrogen) atoms. The molecule has 2 aromatic rings. The summed E-state index contributed by atoms with van der Waals surface area (Å²) in [7, 11) is 0. The number of hydrogen-bond donors (Lipinski definition) is 2. The first kappa shape index (κ1) is 16.6. The van der Waals surface area contributed by atoms with E-state index in [-0.39, 0.29) is 17.9 Å². The van der Waals surface area contributed by atoms with Crippen molar-refractivity contribution in [1.82, 2.24) is 10.3 Å². The van der Waals surface area contributed by atoms with Crippen LogP contribution in [-0.2, 0) is 5.41 Å². The Bertz CT molecular complexity index is 635. The number of aryl methyl sites for hydroxylation is 1. The van der Waals surface area contributed by atoms with Crippen molar-refractivity contribution in [2.24, 2.45) is 0 Å². The summed E-state index contributed by atoms with van der Waals surface area (Å²) in [4.78, 5) is 17.5. The van der Waals surface area contributed by atoms with Crippen LogP contribution in [0.1, 0.15) is 46.2 Å². The topological polar surface area (TPSA) is 62.2 Å². The van der Waals surface area contributed by atoms with Crippen LogP contribution in [0.2, 0.25) is 0 Å². The van der Waals surface area contributed by atoms with Crippen LogP contribution in [0.3, 0.4) is 0 Å². The average molecular weight is 318 g/mol. The van der Waals surface area contributed by atoms with Crippen molar-refractivity contribution in [3.8, 4) is 0 Å². The Labute approximate surface area is 135 Å². The van der Waals surface area contributed by atoms with E-state index in [0.29, 0.717) is 17.8 Å². The van der Waals surface area contributed by atoms with E-state index in [2.05, 4.69) is 36.3 Å². The van der Waals surface area contributed by atoms with Gasteiger partial charge < -0.3 is 10.4 Å². The second-order valence-corrected chi connectivity index (χ2v) is 6.76. The Morgan fingerprint density at radius 2 is 2.00 bits per heavy atom. The lowest BCUT2D eigenvalue weighted by molar-refractivity contribution is 0.0954. The summed E-state index contributed by atoms with van der Waals surface area (Å²) in [5.74, 6) is -0.112. The van der Waals surface area contributed by atoms with Gasteiger partial charge in [-0.15, -0.1) is 11.3 Å². The molecule has 0 atom stereocenters. The van der Waals surface area contributed by atoms with Gasteiger partial charge in [-0.1, -0.05) is 30.3 Å². The second kappa shape index (κ2) is 7.03. The number of amides is 1. The quantitative estimate of drug-likeness (QED) is 0.805. The van der Waals surface area contributed by atoms with Gasteiger partial charge in [-0.05, 0) is 32.8 Å². The van der Waals surface area contributed by atoms with Crippen LogP contribution in [0, 0.1) is 6.92 Å². The minimum absolute atomic E-state index is 0.0776. The molecule has 2 N–H and O–H groups in total. The lowest BCUT2D eigenvalue weighted by Gasteiger charge is -2.22. The molecule has 2 rings (SSSR count). The van der Waals surface area contributed by atoms with Crippen molar-refractivity contribution in [3.63, 3.8) is 0 Å². The molecule has 0 aliphatic rings. The molecule has 0 radical (unpaired) electrons. The van der Waals surface area contributed by atoms with Gasteiger partial charge in [-0.2, -0.15) is 0 Å². The number of thiazole rings is 1. The van der Waals surface area contributed by atoms with Crippen LogP contribution < -0.4 is 5.32 Å². The lowest BCUT2D eigenvalue weighted by Crippen LogP contribution is -2.24. The zero-order valence-corrected chi connectivity index (χ0v) is 14.0. The van der Waals surface area contributed by atoms with Gasteiger partial charge in [0.1, 0.15) is 9.88 Å². The van der Waals surface area contributed by atoms with Gasteiger partial charge in [0.2, 0.25) is 0 Å². The van der Waals surface area contributed by atoms with E-state index >= 15 is 0 Å². The van der Waals surface area contributed by atoms with Crippen molar-refractivity contribution < 1.29 is 9.90 Å². The highest BCUT2D eigenvalue weighted by Gasteiger charge is 2.28. The zero-order chi connectivity index (χ0) is 16.2. The molecule has 1 aromatic heterocycles. The van der Waals surface area contributed by atoms with E-state index < -0.39 is 0 Å². The summed E-state index contributed by atoms with van der Waals surface area (Å²) in [6.07, 6.45) is 0.561. The van der Waals surface area contributed by atoms with Crippen molar-refractivity contribution in [1.29, 1.82) is 0 Å². The third-order valence-electron chi connectivity index (χ3n) is 3.65. The molecular weight excluding hydrogens is 296 g/mol. The maximum absolute atomic E-state index is 12.2. The minimum Gasteiger partial charge on any atom is -0.396 e. The fourth-order valence-electron chi connectivity index (χ4n) is 2.21. The molecule has 0 bridgehead atoms. The summed E-state index contributed by atoms with van der Waals surface area (Å²) in [6, 6.07) is 10.2. The summed E-state index contributed by atoms with van der Waals surface area (Å²) >= 11 is 1.44. The van der Waals surface area contributed by atoms with E-state index in [0.717, 1.165) is 10.7 Å². The van der Waals surface area contributed by atoms with Crippen molar-refractivity contribution in [2.45, 2.75) is 32.6 Å². The Kier molecular flexibility index (Phi) is 5.32. The summed E-state index contributed by atoms with van der Waals surface area (Å²) in [6.45, 7) is 6.66. The first-order valence-electron chi connectivity index (χ1n) is 7.39. The fourth-order valence-corrected chi connectivity index (χ4v) is 3.32. The van der Waals surface area contributed by atoms with Gasteiger partial charge in [0.15, 0.2) is 0 Å². The largest absolute Gasteiger partial charge is 0.396 e. The third kappa shape index (κ3) is 3.54. The van der Waals surface area contributed by atoms with E-state index in [1.54, 1.807) is 0 Å². The van der Waals surface area contributed by atoms with Crippen LogP contribution in [0.15, 0.2) is 30.3 Å². The molecule has 0 spiro atoms. The minimum atomic E-state index is -0.236. The van der Waals surface area contributed by atoms with Gasteiger partial charge >= 0.3 is 0 Å². The van der Waals surface area contributed by atoms with Gasteiger partial charge in [0, 0.05) is 18.6 Å². The maximum Gasteiger partial charge on any atom is 0.263 e. The van der Waals surface area contributed by atoms with Crippen LogP contribution in [0.5, 0.6) is 0 Å². The third-order valence-corrected chi connectivity index (χ3v) is 5.13. The Hall–Kier alpha value is -1.72. The molecule has 0 unspecified atom stereocenters. The monoisotopic (exact) mass is 318 g/mol. The van der Waals surface area contributed by atoms with Crippen molar-refractivity contribution >= 4 is 17.2 Å². The first-order chi connectivity index (χ1) is 10.5. The molecule has 5 heteroatoms. The molecule has 1 heterocycles. The standard InChI is InChI=1S/C17H22N2O2S/c1-12-14(15(21)18-10-7-11-20)22-16(19-12)17(2,3)13-8-5-4-6-9-13/h4-6,8-9,20H,7,10-11H2,1-3H3,(H,18,21). The molecule has 1 aromatic carbocycles. The van der Waals surface area contributed by atoms with Crippen LogP contribution >= 0.6 is 11.3 Å². The molecule has 1 amide bonds. The summed E-state index contributed by atoms with van der Waals surface area (Å²) < 4.78 is 0. The van der Waals surface area contributed by atoms with E-state index in [1.807, 2.05) is 25.1 Å². The van der Waals surface area contributed by atoms with E-state index in [1.165, 1.54) is 16.9 Å². The Morgan fingerprint density at radius 1 is 1.32 bits per heavy atom. The number of aliphatic hydroxyl groups excluding tert-OH is 1. The number of hydrogen-bond acceptors (Lipinski definition) is 4. The predicted molar refractivity (Wildman–Crippen MR) is 89.5 cm³/mol. The van der Waals surface area contributed by atoms with E-state index in [9.17, 15) is 4.79 Å². The highest BCUT2D eigenvalue weighted by molar-refractivity contribution is 7.14. The molecule has 0 aliphatic heterocycles. The van der Waals surface area contributed by atoms with Crippen LogP contribution in [0.4, 0.5) is 0 Å². The number of aliphatic hydroxyl groups is 1. The number of nitrogens with one attached hydrogen (secondary N) is 1. The molecule has 0 fully saturated rings. The SMILES string of the molecule is Cc1nc(C(C)(C)c2ccccc2)sc1C(=O)NCCCO. The molecule has 0 aliphatic carbocycles. The normalized spacial score (nSPS) is 11.5. The lowest BCUT2D eigenvalue weighted by atomic mass is 9.85. The Morgan fingerprint density at radius 3 is 2.64 bits per heavy atom. The molecule has 0 saturated heterocycles. The predicted octanol–water partition coefficient (Wildman–Crippen LogP) is 2.89. The fraction of sp³-hybridized carbons (Fsp3) is 0.412. The average Bonchev–Trinajstić information content (AvgIpc) is 2.91. The number of nitrogens with zero attached hydrogens (tertiary/aromatic N) is 1. The van der Waals surface area contributed by atoms with Crippen molar-refractivity contribution in [3.05, 3.63) is 51.5 Å². The van der Waals surface area contributed by atoms with Crippen molar-refractivity contribution in [2.75, 3.05) is 13.2 Å². The smallest absolute Gasteiger partial charge is 0.263 e. The van der Waals surface area contributed by atoms with Crippen LogP contribution in [-0.4, -0.2) is 29.1 Å². The Balaban J connectivity index is 2.24. The molecule has 4 nitrogen and oxygen atoms in total. The van der Waals surface area contributed by atoms with Gasteiger partial charge in [-0.25, -0.2) is 4.98 Å². The summed E-state index contributed by atoms with van der Waals surface area (Å²) in [5.41, 5.74) is 1.70. The summed E-state index contributed by atoms with van der Waals surface area (Å²) in [5, 5.41) is 12.5. The number of benzene rings is 1. The molecular formula is C17H22N2O2S. The maximum atomic E-state index is 12.2. The number of rotatable bonds is 6. The highest BCUT2D eigenvalue weighted by Crippen LogP contribution is 2.35. The second-order valence-electron chi connectivity index (χ2n) is 5.76. The van der Waals surface area contributed by atoms with Gasteiger partial charge in [-0.3, -0.25) is 4.79 Å². The highest BCUT2D eigenvalue weighted by atomic mass is 32.1. The molecule has 0 saturated carbocycles. The number of aromatic nitrogens is 1. The number of carbonyl (C=O) groups excluding carboxylic acids is 1. The van der Waals surface area contributed by atoms with Gasteiger partial charge in [0.05, 0.1) is 5.69 Å². The first-order valence-corrected chi connectivity index (χ1v) is 8.21. The van der Waals surface area contributed by atoms with Crippen LogP contribution in [0.25, 0.3) is 0 Å². The molecule has 118 valence electrons. The van der Waals surface area contributed by atoms with Gasteiger partial charge in [0.25, 0.3) is 5.91 Å².